The Kier molecular flexibility index (Phi) is 6.13. The average Bonchev–Trinajstić information content (AvgIpc) is 3.22. The second-order valence-electron chi connectivity index (χ2n) is 10.3. The molecule has 1 unspecified atom stereocenters. The molecule has 3 atom stereocenters. The fraction of sp³-hybridized carbons (Fsp3) is 0.480. The summed E-state index contributed by atoms with van der Waals surface area (Å²) in [6, 6.07) is 10.9. The minimum Gasteiger partial charge on any atom is -0.348 e. The van der Waals surface area contributed by atoms with Crippen LogP contribution in [0.25, 0.3) is 0 Å². The summed E-state index contributed by atoms with van der Waals surface area (Å²) in [6.07, 6.45) is 3.22. The van der Waals surface area contributed by atoms with E-state index in [1.165, 1.54) is 7.05 Å². The van der Waals surface area contributed by atoms with Crippen molar-refractivity contribution in [1.29, 1.82) is 0 Å². The van der Waals surface area contributed by atoms with Crippen LogP contribution in [0.3, 0.4) is 0 Å². The van der Waals surface area contributed by atoms with E-state index in [0.29, 0.717) is 5.92 Å². The number of nitrogens with one attached hydrogen (secondary N) is 1. The lowest BCUT2D eigenvalue weighted by molar-refractivity contribution is 0.0737. The zero-order valence-electron chi connectivity index (χ0n) is 19.4. The number of hydrogen-bond acceptors (Lipinski definition) is 3. The number of hydrogen-bond donors (Lipinski definition) is 1. The molecule has 33 heavy (non-hydrogen) atoms. The predicted molar refractivity (Wildman–Crippen MR) is 127 cm³/mol. The van der Waals surface area contributed by atoms with Gasteiger partial charge in [-0.05, 0) is 53.7 Å². The lowest BCUT2D eigenvalue weighted by Gasteiger charge is -2.43. The average molecular weight is 493 g/mol. The van der Waals surface area contributed by atoms with E-state index in [-0.39, 0.29) is 34.0 Å². The minimum absolute atomic E-state index is 0.0128. The van der Waals surface area contributed by atoms with E-state index >= 15 is 0 Å². The van der Waals surface area contributed by atoms with E-state index in [1.807, 2.05) is 6.07 Å². The molecule has 2 aromatic rings. The highest BCUT2D eigenvalue weighted by molar-refractivity contribution is 7.89. The molecule has 0 saturated heterocycles. The molecule has 1 amide bonds. The Morgan fingerprint density at radius 3 is 2.48 bits per heavy atom. The van der Waals surface area contributed by atoms with Crippen molar-refractivity contribution in [2.45, 2.75) is 57.5 Å². The van der Waals surface area contributed by atoms with Crippen molar-refractivity contribution in [3.8, 4) is 0 Å². The number of halogens is 2. The minimum atomic E-state index is -4.19. The molecule has 5 nitrogen and oxygen atoms in total. The molecule has 1 N–H and O–H groups in total. The number of sulfonamides is 1. The third-order valence-electron chi connectivity index (χ3n) is 7.75. The highest BCUT2D eigenvalue weighted by Gasteiger charge is 2.59. The van der Waals surface area contributed by atoms with Crippen LogP contribution in [0, 0.1) is 22.6 Å². The van der Waals surface area contributed by atoms with Gasteiger partial charge in [-0.15, -0.1) is 0 Å². The van der Waals surface area contributed by atoms with Gasteiger partial charge >= 0.3 is 0 Å². The largest absolute Gasteiger partial charge is 0.348 e. The Morgan fingerprint density at radius 1 is 1.21 bits per heavy atom. The molecule has 2 fully saturated rings. The first-order valence-electron chi connectivity index (χ1n) is 11.2. The molecule has 178 valence electrons. The Labute approximate surface area is 200 Å². The van der Waals surface area contributed by atoms with Crippen molar-refractivity contribution >= 4 is 27.5 Å². The number of carbonyl (C=O) groups excluding carboxylic acids is 1. The number of benzene rings is 2. The van der Waals surface area contributed by atoms with Crippen molar-refractivity contribution in [3.63, 3.8) is 0 Å². The van der Waals surface area contributed by atoms with Crippen LogP contribution in [0.2, 0.25) is 5.02 Å². The SMILES string of the molecule is CN(Cc1ccccc1)S(=O)(=O)c1cc(C(=O)NC2C(C)(C)[C@@H]3CC[C@@]2(C)C3)c(Cl)cc1F. The molecular formula is C25H30ClFN2O3S. The predicted octanol–water partition coefficient (Wildman–Crippen LogP) is 5.24. The van der Waals surface area contributed by atoms with Gasteiger partial charge < -0.3 is 5.32 Å². The van der Waals surface area contributed by atoms with E-state index in [4.69, 9.17) is 11.6 Å². The first kappa shape index (κ1) is 24.2. The van der Waals surface area contributed by atoms with Gasteiger partial charge in [0.15, 0.2) is 0 Å². The molecule has 2 saturated carbocycles. The Hall–Kier alpha value is -1.96. The van der Waals surface area contributed by atoms with E-state index in [2.05, 4.69) is 26.1 Å². The van der Waals surface area contributed by atoms with E-state index in [0.717, 1.165) is 41.3 Å². The number of rotatable bonds is 6. The molecule has 8 heteroatoms. The van der Waals surface area contributed by atoms with Gasteiger partial charge in [0.2, 0.25) is 10.0 Å². The van der Waals surface area contributed by atoms with Gasteiger partial charge in [-0.2, -0.15) is 4.31 Å². The van der Waals surface area contributed by atoms with E-state index < -0.39 is 26.6 Å². The van der Waals surface area contributed by atoms with Crippen LogP contribution < -0.4 is 5.32 Å². The monoisotopic (exact) mass is 492 g/mol. The molecule has 2 aliphatic rings. The summed E-state index contributed by atoms with van der Waals surface area (Å²) in [4.78, 5) is 12.7. The third kappa shape index (κ3) is 4.19. The van der Waals surface area contributed by atoms with Crippen molar-refractivity contribution in [3.05, 3.63) is 64.4 Å². The second kappa shape index (κ2) is 8.36. The molecule has 0 heterocycles. The standard InChI is InChI=1S/C25H30ClFN2O3S/c1-24(2)17-10-11-25(3,14-17)23(24)28-22(30)18-12-21(20(27)13-19(18)26)33(31,32)29(4)15-16-8-6-5-7-9-16/h5-9,12-13,17,23H,10-11,14-15H2,1-4H3,(H,28,30)/t17-,23?,25+/m1/s1. The van der Waals surface area contributed by atoms with Gasteiger partial charge in [0.25, 0.3) is 5.91 Å². The summed E-state index contributed by atoms with van der Waals surface area (Å²) in [7, 11) is -2.81. The maximum atomic E-state index is 14.8. The van der Waals surface area contributed by atoms with Crippen LogP contribution in [-0.4, -0.2) is 31.7 Å². The van der Waals surface area contributed by atoms with Crippen molar-refractivity contribution in [2.75, 3.05) is 7.05 Å². The van der Waals surface area contributed by atoms with Gasteiger partial charge in [0.05, 0.1) is 10.6 Å². The highest BCUT2D eigenvalue weighted by atomic mass is 35.5. The molecular weight excluding hydrogens is 463 g/mol. The lowest BCUT2D eigenvalue weighted by Crippen LogP contribution is -2.52. The van der Waals surface area contributed by atoms with E-state index in [9.17, 15) is 17.6 Å². The Balaban J connectivity index is 1.62. The molecule has 4 rings (SSSR count). The summed E-state index contributed by atoms with van der Waals surface area (Å²) in [5, 5.41) is 3.00. The number of nitrogens with zero attached hydrogens (tertiary/aromatic N) is 1. The lowest BCUT2D eigenvalue weighted by atomic mass is 9.68. The van der Waals surface area contributed by atoms with Crippen LogP contribution in [0.1, 0.15) is 56.0 Å². The van der Waals surface area contributed by atoms with Crippen LogP contribution in [0.5, 0.6) is 0 Å². The van der Waals surface area contributed by atoms with Crippen LogP contribution in [-0.2, 0) is 16.6 Å². The van der Waals surface area contributed by atoms with Crippen LogP contribution in [0.15, 0.2) is 47.4 Å². The first-order valence-corrected chi connectivity index (χ1v) is 13.0. The summed E-state index contributed by atoms with van der Waals surface area (Å²) < 4.78 is 42.2. The molecule has 2 aromatic carbocycles. The molecule has 0 radical (unpaired) electrons. The third-order valence-corrected chi connectivity index (χ3v) is 9.88. The summed E-state index contributed by atoms with van der Waals surface area (Å²) >= 11 is 6.22. The van der Waals surface area contributed by atoms with Gasteiger partial charge in [-0.3, -0.25) is 4.79 Å². The quantitative estimate of drug-likeness (QED) is 0.599. The number of fused-ring (bicyclic) bond motifs is 2. The summed E-state index contributed by atoms with van der Waals surface area (Å²) in [6.45, 7) is 6.58. The summed E-state index contributed by atoms with van der Waals surface area (Å²) in [5.74, 6) is -0.934. The Bertz CT molecular complexity index is 1180. The smallest absolute Gasteiger partial charge is 0.253 e. The van der Waals surface area contributed by atoms with Gasteiger partial charge in [0, 0.05) is 19.6 Å². The normalized spacial score (nSPS) is 26.0. The Morgan fingerprint density at radius 2 is 1.88 bits per heavy atom. The van der Waals surface area contributed by atoms with Crippen LogP contribution >= 0.6 is 11.6 Å². The van der Waals surface area contributed by atoms with Crippen molar-refractivity contribution in [2.24, 2.45) is 16.7 Å². The second-order valence-corrected chi connectivity index (χ2v) is 12.8. The molecule has 0 aliphatic heterocycles. The van der Waals surface area contributed by atoms with Gasteiger partial charge in [-0.25, -0.2) is 12.8 Å². The molecule has 0 aromatic heterocycles. The maximum Gasteiger partial charge on any atom is 0.253 e. The molecule has 0 spiro atoms. The number of amides is 1. The van der Waals surface area contributed by atoms with Crippen molar-refractivity contribution in [1.82, 2.24) is 9.62 Å². The zero-order valence-corrected chi connectivity index (χ0v) is 20.9. The fourth-order valence-electron chi connectivity index (χ4n) is 5.87. The molecule has 2 bridgehead atoms. The van der Waals surface area contributed by atoms with Gasteiger partial charge in [0.1, 0.15) is 10.7 Å². The molecule has 2 aliphatic carbocycles. The fourth-order valence-corrected chi connectivity index (χ4v) is 7.33. The van der Waals surface area contributed by atoms with E-state index in [1.54, 1.807) is 24.3 Å². The van der Waals surface area contributed by atoms with Gasteiger partial charge in [-0.1, -0.05) is 62.7 Å². The maximum absolute atomic E-state index is 14.8. The number of carbonyl (C=O) groups is 1. The highest BCUT2D eigenvalue weighted by Crippen LogP contribution is 2.62. The first-order chi connectivity index (χ1) is 15.4. The summed E-state index contributed by atoms with van der Waals surface area (Å²) in [5.41, 5.74) is 0.635. The van der Waals surface area contributed by atoms with Crippen LogP contribution in [0.4, 0.5) is 4.39 Å². The zero-order chi connectivity index (χ0) is 24.2. The van der Waals surface area contributed by atoms with Crippen molar-refractivity contribution < 1.29 is 17.6 Å². The topological polar surface area (TPSA) is 66.5 Å².